The molecule has 2 heteroatoms. The SMILES string of the molecule is CCCCCCC(=O)C1(COC)CCCCC1C. The molecule has 0 aliphatic heterocycles. The Kier molecular flexibility index (Phi) is 6.91. The topological polar surface area (TPSA) is 26.3 Å². The molecule has 0 bridgehead atoms. The Morgan fingerprint density at radius 1 is 1.28 bits per heavy atom. The van der Waals surface area contributed by atoms with Crippen molar-refractivity contribution in [2.75, 3.05) is 13.7 Å². The molecule has 0 radical (unpaired) electrons. The minimum Gasteiger partial charge on any atom is -0.384 e. The molecule has 1 rings (SSSR count). The maximum absolute atomic E-state index is 12.6. The Bertz CT molecular complexity index is 245. The molecule has 0 saturated heterocycles. The van der Waals surface area contributed by atoms with Crippen molar-refractivity contribution in [2.24, 2.45) is 11.3 Å². The van der Waals surface area contributed by atoms with Gasteiger partial charge in [0.15, 0.2) is 0 Å². The standard InChI is InChI=1S/C16H30O2/c1-4-5-6-7-11-15(17)16(13-18-3)12-9-8-10-14(16)2/h14H,4-13H2,1-3H3. The number of unbranched alkanes of at least 4 members (excludes halogenated alkanes) is 3. The van der Waals surface area contributed by atoms with Crippen LogP contribution in [0.1, 0.15) is 71.6 Å². The van der Waals surface area contributed by atoms with Gasteiger partial charge >= 0.3 is 0 Å². The lowest BCUT2D eigenvalue weighted by atomic mass is 9.64. The molecule has 0 heterocycles. The summed E-state index contributed by atoms with van der Waals surface area (Å²) in [6.45, 7) is 5.07. The van der Waals surface area contributed by atoms with Crippen LogP contribution in [0.5, 0.6) is 0 Å². The van der Waals surface area contributed by atoms with Gasteiger partial charge in [-0.25, -0.2) is 0 Å². The minimum absolute atomic E-state index is 0.167. The summed E-state index contributed by atoms with van der Waals surface area (Å²) in [6.07, 6.45) is 10.2. The quantitative estimate of drug-likeness (QED) is 0.601. The van der Waals surface area contributed by atoms with Crippen LogP contribution in [0.15, 0.2) is 0 Å². The molecule has 18 heavy (non-hydrogen) atoms. The number of hydrogen-bond donors (Lipinski definition) is 0. The zero-order valence-electron chi connectivity index (χ0n) is 12.5. The first-order chi connectivity index (χ1) is 8.67. The van der Waals surface area contributed by atoms with E-state index in [0.29, 0.717) is 18.3 Å². The normalized spacial score (nSPS) is 28.3. The maximum Gasteiger partial charge on any atom is 0.141 e. The van der Waals surface area contributed by atoms with Crippen molar-refractivity contribution in [1.82, 2.24) is 0 Å². The molecule has 0 amide bonds. The molecule has 0 spiro atoms. The van der Waals surface area contributed by atoms with Crippen molar-refractivity contribution in [3.05, 3.63) is 0 Å². The number of ether oxygens (including phenoxy) is 1. The molecule has 1 aliphatic rings. The van der Waals surface area contributed by atoms with Gasteiger partial charge in [-0.3, -0.25) is 4.79 Å². The van der Waals surface area contributed by atoms with Crippen molar-refractivity contribution in [1.29, 1.82) is 0 Å². The van der Waals surface area contributed by atoms with E-state index >= 15 is 0 Å². The van der Waals surface area contributed by atoms with E-state index in [1.807, 2.05) is 0 Å². The summed E-state index contributed by atoms with van der Waals surface area (Å²) in [4.78, 5) is 12.6. The van der Waals surface area contributed by atoms with Crippen LogP contribution in [-0.4, -0.2) is 19.5 Å². The molecule has 106 valence electrons. The van der Waals surface area contributed by atoms with Gasteiger partial charge in [0.25, 0.3) is 0 Å². The van der Waals surface area contributed by atoms with Crippen LogP contribution in [-0.2, 0) is 9.53 Å². The monoisotopic (exact) mass is 254 g/mol. The summed E-state index contributed by atoms with van der Waals surface area (Å²) in [6, 6.07) is 0. The average molecular weight is 254 g/mol. The molecule has 0 aromatic rings. The van der Waals surface area contributed by atoms with Crippen LogP contribution in [0, 0.1) is 11.3 Å². The number of hydrogen-bond acceptors (Lipinski definition) is 2. The van der Waals surface area contributed by atoms with Gasteiger partial charge in [0, 0.05) is 13.5 Å². The summed E-state index contributed by atoms with van der Waals surface area (Å²) in [5, 5.41) is 0. The summed E-state index contributed by atoms with van der Waals surface area (Å²) in [7, 11) is 1.73. The molecule has 2 unspecified atom stereocenters. The van der Waals surface area contributed by atoms with Crippen LogP contribution in [0.3, 0.4) is 0 Å². The number of methoxy groups -OCH3 is 1. The van der Waals surface area contributed by atoms with Crippen LogP contribution in [0.2, 0.25) is 0 Å². The number of rotatable bonds is 8. The van der Waals surface area contributed by atoms with E-state index in [-0.39, 0.29) is 5.41 Å². The predicted octanol–water partition coefficient (Wildman–Crippen LogP) is 4.37. The third-order valence-electron chi connectivity index (χ3n) is 4.67. The summed E-state index contributed by atoms with van der Waals surface area (Å²) < 4.78 is 5.38. The second kappa shape index (κ2) is 7.93. The van der Waals surface area contributed by atoms with E-state index in [9.17, 15) is 4.79 Å². The Hall–Kier alpha value is -0.370. The second-order valence-electron chi connectivity index (χ2n) is 5.97. The fraction of sp³-hybridized carbons (Fsp3) is 0.938. The second-order valence-corrected chi connectivity index (χ2v) is 5.97. The predicted molar refractivity (Wildman–Crippen MR) is 75.7 cm³/mol. The Labute approximate surface area is 112 Å². The lowest BCUT2D eigenvalue weighted by Gasteiger charge is -2.41. The Balaban J connectivity index is 2.56. The lowest BCUT2D eigenvalue weighted by molar-refractivity contribution is -0.138. The summed E-state index contributed by atoms with van der Waals surface area (Å²) in [5.74, 6) is 0.956. The minimum atomic E-state index is -0.167. The Morgan fingerprint density at radius 3 is 2.67 bits per heavy atom. The highest BCUT2D eigenvalue weighted by Gasteiger charge is 2.43. The average Bonchev–Trinajstić information content (AvgIpc) is 2.37. The van der Waals surface area contributed by atoms with Gasteiger partial charge in [0.2, 0.25) is 0 Å². The first kappa shape index (κ1) is 15.7. The van der Waals surface area contributed by atoms with E-state index in [4.69, 9.17) is 4.74 Å². The van der Waals surface area contributed by atoms with Crippen LogP contribution < -0.4 is 0 Å². The van der Waals surface area contributed by atoms with Crippen LogP contribution >= 0.6 is 0 Å². The third-order valence-corrected chi connectivity index (χ3v) is 4.67. The molecular weight excluding hydrogens is 224 g/mol. The first-order valence-corrected chi connectivity index (χ1v) is 7.69. The molecule has 1 saturated carbocycles. The fourth-order valence-electron chi connectivity index (χ4n) is 3.34. The van der Waals surface area contributed by atoms with E-state index in [0.717, 1.165) is 19.3 Å². The summed E-state index contributed by atoms with van der Waals surface area (Å²) in [5.41, 5.74) is -0.167. The van der Waals surface area contributed by atoms with Gasteiger partial charge in [0.1, 0.15) is 5.78 Å². The third kappa shape index (κ3) is 3.81. The largest absolute Gasteiger partial charge is 0.384 e. The van der Waals surface area contributed by atoms with E-state index < -0.39 is 0 Å². The van der Waals surface area contributed by atoms with Crippen LogP contribution in [0.25, 0.3) is 0 Å². The van der Waals surface area contributed by atoms with Crippen molar-refractivity contribution >= 4 is 5.78 Å². The Morgan fingerprint density at radius 2 is 2.06 bits per heavy atom. The molecule has 0 aromatic heterocycles. The maximum atomic E-state index is 12.6. The highest BCUT2D eigenvalue weighted by Crippen LogP contribution is 2.43. The molecule has 2 nitrogen and oxygen atoms in total. The van der Waals surface area contributed by atoms with E-state index in [1.54, 1.807) is 7.11 Å². The molecular formula is C16H30O2. The highest BCUT2D eigenvalue weighted by atomic mass is 16.5. The number of carbonyl (C=O) groups is 1. The zero-order valence-corrected chi connectivity index (χ0v) is 12.5. The van der Waals surface area contributed by atoms with Gasteiger partial charge in [-0.1, -0.05) is 46.0 Å². The molecule has 1 aliphatic carbocycles. The number of ketones is 1. The van der Waals surface area contributed by atoms with Crippen molar-refractivity contribution in [3.63, 3.8) is 0 Å². The van der Waals surface area contributed by atoms with Gasteiger partial charge < -0.3 is 4.74 Å². The number of Topliss-reactive ketones (excluding diaryl/α,β-unsaturated/α-hetero) is 1. The van der Waals surface area contributed by atoms with Gasteiger partial charge in [-0.2, -0.15) is 0 Å². The van der Waals surface area contributed by atoms with Gasteiger partial charge in [0.05, 0.1) is 12.0 Å². The van der Waals surface area contributed by atoms with Gasteiger partial charge in [-0.05, 0) is 25.2 Å². The summed E-state index contributed by atoms with van der Waals surface area (Å²) >= 11 is 0. The van der Waals surface area contributed by atoms with E-state index in [2.05, 4.69) is 13.8 Å². The molecule has 2 atom stereocenters. The lowest BCUT2D eigenvalue weighted by Crippen LogP contribution is -2.43. The van der Waals surface area contributed by atoms with Crippen LogP contribution in [0.4, 0.5) is 0 Å². The smallest absolute Gasteiger partial charge is 0.141 e. The van der Waals surface area contributed by atoms with Crippen molar-refractivity contribution in [2.45, 2.75) is 71.6 Å². The van der Waals surface area contributed by atoms with Crippen molar-refractivity contribution < 1.29 is 9.53 Å². The van der Waals surface area contributed by atoms with E-state index in [1.165, 1.54) is 38.5 Å². The zero-order chi connectivity index (χ0) is 13.4. The first-order valence-electron chi connectivity index (χ1n) is 7.69. The fourth-order valence-corrected chi connectivity index (χ4v) is 3.34. The van der Waals surface area contributed by atoms with Crippen molar-refractivity contribution in [3.8, 4) is 0 Å². The molecule has 1 fully saturated rings. The molecule has 0 aromatic carbocycles. The van der Waals surface area contributed by atoms with Gasteiger partial charge in [-0.15, -0.1) is 0 Å². The molecule has 0 N–H and O–H groups in total. The number of carbonyl (C=O) groups excluding carboxylic acids is 1. The highest BCUT2D eigenvalue weighted by molar-refractivity contribution is 5.85.